The zero-order valence-electron chi connectivity index (χ0n) is 9.97. The van der Waals surface area contributed by atoms with E-state index in [2.05, 4.69) is 20.9 Å². The average Bonchev–Trinajstić information content (AvgIpc) is 2.85. The molecule has 0 bridgehead atoms. The Hall–Kier alpha value is -1.52. The average molecular weight is 332 g/mol. The molecule has 0 saturated carbocycles. The minimum absolute atomic E-state index is 0.0981. The number of pyridine rings is 1. The maximum absolute atomic E-state index is 12.2. The van der Waals surface area contributed by atoms with Gasteiger partial charge in [0.1, 0.15) is 0 Å². The predicted octanol–water partition coefficient (Wildman–Crippen LogP) is 4.48. The zero-order valence-corrected chi connectivity index (χ0v) is 12.4. The fourth-order valence-corrected chi connectivity index (χ4v) is 3.16. The Morgan fingerprint density at radius 3 is 3.00 bits per heavy atom. The molecule has 1 aromatic carbocycles. The summed E-state index contributed by atoms with van der Waals surface area (Å²) >= 11 is 5.02. The Balaban J connectivity index is 1.87. The van der Waals surface area contributed by atoms with E-state index in [0.717, 1.165) is 20.3 Å². The van der Waals surface area contributed by atoms with E-state index in [0.29, 0.717) is 12.0 Å². The Labute approximate surface area is 123 Å². The number of thiophene rings is 1. The van der Waals surface area contributed by atoms with Gasteiger partial charge in [0.05, 0.1) is 10.2 Å². The van der Waals surface area contributed by atoms with Crippen LogP contribution in [0.2, 0.25) is 0 Å². The number of carbonyl (C=O) groups is 1. The predicted molar refractivity (Wildman–Crippen MR) is 81.8 cm³/mol. The van der Waals surface area contributed by atoms with Crippen LogP contribution in [0.15, 0.2) is 52.4 Å². The summed E-state index contributed by atoms with van der Waals surface area (Å²) in [5, 5.41) is 1.99. The molecular formula is C15H10BrNOS. The third-order valence-electron chi connectivity index (χ3n) is 2.88. The van der Waals surface area contributed by atoms with Gasteiger partial charge >= 0.3 is 0 Å². The normalized spacial score (nSPS) is 10.8. The first kappa shape index (κ1) is 12.5. The van der Waals surface area contributed by atoms with E-state index in [4.69, 9.17) is 0 Å². The van der Waals surface area contributed by atoms with E-state index in [1.165, 1.54) is 0 Å². The van der Waals surface area contributed by atoms with Crippen molar-refractivity contribution in [3.63, 3.8) is 0 Å². The summed E-state index contributed by atoms with van der Waals surface area (Å²) in [7, 11) is 0. The Kier molecular flexibility index (Phi) is 3.44. The molecular weight excluding hydrogens is 322 g/mol. The molecule has 4 heteroatoms. The largest absolute Gasteiger partial charge is 0.294 e. The van der Waals surface area contributed by atoms with Crippen molar-refractivity contribution in [2.24, 2.45) is 0 Å². The molecule has 2 heterocycles. The second-order valence-corrected chi connectivity index (χ2v) is 6.12. The highest BCUT2D eigenvalue weighted by Gasteiger charge is 2.09. The number of hydrogen-bond donors (Lipinski definition) is 0. The van der Waals surface area contributed by atoms with E-state index in [1.54, 1.807) is 17.5 Å². The standard InChI is InChI=1S/C15H10BrNOS/c16-12-3-1-2-10(6-12)7-14(18)11-8-15-13(17-9-11)4-5-19-15/h1-6,8-9H,7H2. The molecule has 0 unspecified atom stereocenters. The minimum atomic E-state index is 0.0981. The number of halogens is 1. The van der Waals surface area contributed by atoms with Crippen molar-refractivity contribution >= 4 is 43.3 Å². The Morgan fingerprint density at radius 1 is 1.26 bits per heavy atom. The molecule has 94 valence electrons. The highest BCUT2D eigenvalue weighted by molar-refractivity contribution is 9.10. The van der Waals surface area contributed by atoms with Crippen LogP contribution in [0.4, 0.5) is 0 Å². The molecule has 2 aromatic heterocycles. The van der Waals surface area contributed by atoms with Crippen LogP contribution in [0, 0.1) is 0 Å². The molecule has 2 nitrogen and oxygen atoms in total. The van der Waals surface area contributed by atoms with E-state index < -0.39 is 0 Å². The third kappa shape index (κ3) is 2.74. The quantitative estimate of drug-likeness (QED) is 0.662. The van der Waals surface area contributed by atoms with Crippen LogP contribution in [0.5, 0.6) is 0 Å². The zero-order chi connectivity index (χ0) is 13.2. The summed E-state index contributed by atoms with van der Waals surface area (Å²) in [6.45, 7) is 0. The highest BCUT2D eigenvalue weighted by atomic mass is 79.9. The van der Waals surface area contributed by atoms with Gasteiger partial charge < -0.3 is 0 Å². The highest BCUT2D eigenvalue weighted by Crippen LogP contribution is 2.20. The van der Waals surface area contributed by atoms with Gasteiger partial charge in [-0.2, -0.15) is 0 Å². The van der Waals surface area contributed by atoms with Gasteiger partial charge in [0.15, 0.2) is 5.78 Å². The van der Waals surface area contributed by atoms with E-state index >= 15 is 0 Å². The molecule has 0 radical (unpaired) electrons. The van der Waals surface area contributed by atoms with Crippen LogP contribution in [0.1, 0.15) is 15.9 Å². The van der Waals surface area contributed by atoms with Crippen molar-refractivity contribution in [1.82, 2.24) is 4.98 Å². The van der Waals surface area contributed by atoms with E-state index in [1.807, 2.05) is 41.8 Å². The van der Waals surface area contributed by atoms with Crippen LogP contribution < -0.4 is 0 Å². The number of rotatable bonds is 3. The van der Waals surface area contributed by atoms with Crippen LogP contribution in [-0.2, 0) is 6.42 Å². The van der Waals surface area contributed by atoms with E-state index in [9.17, 15) is 4.79 Å². The van der Waals surface area contributed by atoms with Gasteiger partial charge in [-0.3, -0.25) is 9.78 Å². The maximum atomic E-state index is 12.2. The van der Waals surface area contributed by atoms with Crippen molar-refractivity contribution in [2.45, 2.75) is 6.42 Å². The molecule has 0 saturated heterocycles. The Morgan fingerprint density at radius 2 is 2.16 bits per heavy atom. The van der Waals surface area contributed by atoms with Crippen LogP contribution in [-0.4, -0.2) is 10.8 Å². The van der Waals surface area contributed by atoms with Crippen LogP contribution in [0.25, 0.3) is 10.2 Å². The Bertz CT molecular complexity index is 750. The first-order chi connectivity index (χ1) is 9.22. The molecule has 0 N–H and O–H groups in total. The van der Waals surface area contributed by atoms with Crippen molar-refractivity contribution < 1.29 is 4.79 Å². The monoisotopic (exact) mass is 331 g/mol. The molecule has 0 fully saturated rings. The summed E-state index contributed by atoms with van der Waals surface area (Å²) in [6.07, 6.45) is 2.06. The molecule has 0 aliphatic carbocycles. The maximum Gasteiger partial charge on any atom is 0.168 e. The number of Topliss-reactive ketones (excluding diaryl/α,β-unsaturated/α-hetero) is 1. The summed E-state index contributed by atoms with van der Waals surface area (Å²) in [5.41, 5.74) is 2.63. The summed E-state index contributed by atoms with van der Waals surface area (Å²) in [4.78, 5) is 16.5. The number of aromatic nitrogens is 1. The summed E-state index contributed by atoms with van der Waals surface area (Å²) in [6, 6.07) is 11.7. The molecule has 0 atom stereocenters. The fourth-order valence-electron chi connectivity index (χ4n) is 1.93. The lowest BCUT2D eigenvalue weighted by molar-refractivity contribution is 0.0993. The number of nitrogens with zero attached hydrogens (tertiary/aromatic N) is 1. The lowest BCUT2D eigenvalue weighted by Crippen LogP contribution is -2.03. The van der Waals surface area contributed by atoms with Gasteiger partial charge in [0.2, 0.25) is 0 Å². The molecule has 0 aliphatic heterocycles. The van der Waals surface area contributed by atoms with E-state index in [-0.39, 0.29) is 5.78 Å². The first-order valence-electron chi connectivity index (χ1n) is 5.83. The van der Waals surface area contributed by atoms with Gasteiger partial charge in [-0.15, -0.1) is 11.3 Å². The number of carbonyl (C=O) groups excluding carboxylic acids is 1. The fraction of sp³-hybridized carbons (Fsp3) is 0.0667. The second kappa shape index (κ2) is 5.23. The van der Waals surface area contributed by atoms with Crippen molar-refractivity contribution in [2.75, 3.05) is 0 Å². The number of ketones is 1. The lowest BCUT2D eigenvalue weighted by Gasteiger charge is -2.02. The second-order valence-electron chi connectivity index (χ2n) is 4.26. The third-order valence-corrected chi connectivity index (χ3v) is 4.22. The van der Waals surface area contributed by atoms with Gasteiger partial charge in [0, 0.05) is 22.7 Å². The SMILES string of the molecule is O=C(Cc1cccc(Br)c1)c1cnc2ccsc2c1. The van der Waals surface area contributed by atoms with Crippen LogP contribution in [0.3, 0.4) is 0 Å². The molecule has 19 heavy (non-hydrogen) atoms. The van der Waals surface area contributed by atoms with Gasteiger partial charge in [-0.05, 0) is 35.2 Å². The van der Waals surface area contributed by atoms with Crippen molar-refractivity contribution in [1.29, 1.82) is 0 Å². The van der Waals surface area contributed by atoms with Crippen LogP contribution >= 0.6 is 27.3 Å². The van der Waals surface area contributed by atoms with Crippen molar-refractivity contribution in [3.8, 4) is 0 Å². The molecule has 3 aromatic rings. The van der Waals surface area contributed by atoms with Crippen molar-refractivity contribution in [3.05, 3.63) is 63.6 Å². The first-order valence-corrected chi connectivity index (χ1v) is 7.50. The minimum Gasteiger partial charge on any atom is -0.294 e. The van der Waals surface area contributed by atoms with Gasteiger partial charge in [-0.25, -0.2) is 0 Å². The summed E-state index contributed by atoms with van der Waals surface area (Å²) < 4.78 is 2.05. The number of benzene rings is 1. The topological polar surface area (TPSA) is 30.0 Å². The molecule has 0 spiro atoms. The summed E-state index contributed by atoms with van der Waals surface area (Å²) in [5.74, 6) is 0.0981. The van der Waals surface area contributed by atoms with Gasteiger partial charge in [-0.1, -0.05) is 28.1 Å². The van der Waals surface area contributed by atoms with Gasteiger partial charge in [0.25, 0.3) is 0 Å². The molecule has 3 rings (SSSR count). The number of fused-ring (bicyclic) bond motifs is 1. The lowest BCUT2D eigenvalue weighted by atomic mass is 10.0. The number of hydrogen-bond acceptors (Lipinski definition) is 3. The smallest absolute Gasteiger partial charge is 0.168 e. The molecule has 0 amide bonds. The molecule has 0 aliphatic rings.